The summed E-state index contributed by atoms with van der Waals surface area (Å²) < 4.78 is 10.1. The molecule has 2 saturated heterocycles. The van der Waals surface area contributed by atoms with E-state index in [1.54, 1.807) is 0 Å². The predicted molar refractivity (Wildman–Crippen MR) is 90.1 cm³/mol. The number of Topliss-reactive ketones (excluding diaryl/α,β-unsaturated/α-hetero) is 1. The fourth-order valence-corrected chi connectivity index (χ4v) is 3.65. The van der Waals surface area contributed by atoms with Crippen molar-refractivity contribution in [3.05, 3.63) is 0 Å². The summed E-state index contributed by atoms with van der Waals surface area (Å²) in [4.78, 5) is 49.9. The van der Waals surface area contributed by atoms with Crippen molar-refractivity contribution in [3.8, 4) is 0 Å². The van der Waals surface area contributed by atoms with Gasteiger partial charge in [0.25, 0.3) is 5.79 Å². The second-order valence-electron chi connectivity index (χ2n) is 8.69. The van der Waals surface area contributed by atoms with Crippen molar-refractivity contribution in [1.82, 2.24) is 4.90 Å². The number of rotatable bonds is 3. The Labute approximate surface area is 152 Å². The first-order chi connectivity index (χ1) is 11.8. The SMILES string of the molecule is CC(C)(C)CC1CC(C(=O)C2C(=O)OC(C)(C)OC2=O)CCN1C(=O)O. The van der Waals surface area contributed by atoms with Gasteiger partial charge in [0.15, 0.2) is 5.78 Å². The molecule has 146 valence electrons. The number of amides is 1. The van der Waals surface area contributed by atoms with E-state index < -0.39 is 41.4 Å². The molecule has 8 nitrogen and oxygen atoms in total. The number of likely N-dealkylation sites (tertiary alicyclic amines) is 1. The number of hydrogen-bond donors (Lipinski definition) is 1. The molecular formula is C18H27NO7. The Balaban J connectivity index is 2.15. The lowest BCUT2D eigenvalue weighted by Crippen LogP contribution is -2.53. The molecule has 2 atom stereocenters. The van der Waals surface area contributed by atoms with Crippen LogP contribution in [0.5, 0.6) is 0 Å². The number of ether oxygens (including phenoxy) is 2. The molecule has 26 heavy (non-hydrogen) atoms. The Bertz CT molecular complexity index is 600. The number of nitrogens with zero attached hydrogens (tertiary/aromatic N) is 1. The van der Waals surface area contributed by atoms with Crippen LogP contribution in [0, 0.1) is 17.3 Å². The highest BCUT2D eigenvalue weighted by Crippen LogP contribution is 2.35. The molecule has 0 aliphatic carbocycles. The summed E-state index contributed by atoms with van der Waals surface area (Å²) >= 11 is 0. The number of carbonyl (C=O) groups excluding carboxylic acids is 3. The lowest BCUT2D eigenvalue weighted by atomic mass is 9.77. The van der Waals surface area contributed by atoms with E-state index >= 15 is 0 Å². The maximum absolute atomic E-state index is 12.8. The summed E-state index contributed by atoms with van der Waals surface area (Å²) in [7, 11) is 0. The Kier molecular flexibility index (Phi) is 5.35. The molecular weight excluding hydrogens is 342 g/mol. The monoisotopic (exact) mass is 369 g/mol. The maximum atomic E-state index is 12.8. The molecule has 1 amide bonds. The molecule has 0 aromatic heterocycles. The van der Waals surface area contributed by atoms with Crippen molar-refractivity contribution >= 4 is 23.8 Å². The summed E-state index contributed by atoms with van der Waals surface area (Å²) in [6.07, 6.45) is 0.105. The van der Waals surface area contributed by atoms with Crippen LogP contribution in [0.2, 0.25) is 0 Å². The van der Waals surface area contributed by atoms with Gasteiger partial charge in [-0.2, -0.15) is 0 Å². The molecule has 0 aromatic carbocycles. The Morgan fingerprint density at radius 2 is 1.73 bits per heavy atom. The number of piperidine rings is 1. The summed E-state index contributed by atoms with van der Waals surface area (Å²) in [6, 6.07) is -0.345. The lowest BCUT2D eigenvalue weighted by molar-refractivity contribution is -0.238. The number of ketones is 1. The third kappa shape index (κ3) is 4.53. The molecule has 2 aliphatic rings. The third-order valence-corrected chi connectivity index (χ3v) is 4.66. The van der Waals surface area contributed by atoms with Gasteiger partial charge in [0.05, 0.1) is 0 Å². The van der Waals surface area contributed by atoms with Crippen LogP contribution in [0.3, 0.4) is 0 Å². The minimum Gasteiger partial charge on any atom is -0.465 e. The number of carbonyl (C=O) groups is 4. The average molecular weight is 369 g/mol. The van der Waals surface area contributed by atoms with Gasteiger partial charge in [0, 0.05) is 32.4 Å². The molecule has 0 saturated carbocycles. The zero-order valence-electron chi connectivity index (χ0n) is 15.9. The first kappa shape index (κ1) is 20.2. The molecule has 0 bridgehead atoms. The summed E-state index contributed by atoms with van der Waals surface area (Å²) in [5, 5.41) is 9.41. The van der Waals surface area contributed by atoms with E-state index in [-0.39, 0.29) is 30.8 Å². The van der Waals surface area contributed by atoms with E-state index in [0.29, 0.717) is 6.42 Å². The van der Waals surface area contributed by atoms with Gasteiger partial charge in [-0.3, -0.25) is 14.4 Å². The number of cyclic esters (lactones) is 2. The van der Waals surface area contributed by atoms with Crippen LogP contribution in [0.4, 0.5) is 4.79 Å². The van der Waals surface area contributed by atoms with E-state index in [4.69, 9.17) is 9.47 Å². The van der Waals surface area contributed by atoms with Crippen molar-refractivity contribution in [3.63, 3.8) is 0 Å². The maximum Gasteiger partial charge on any atom is 0.407 e. The second-order valence-corrected chi connectivity index (χ2v) is 8.69. The molecule has 0 radical (unpaired) electrons. The summed E-state index contributed by atoms with van der Waals surface area (Å²) in [5.41, 5.74) is -0.129. The van der Waals surface area contributed by atoms with Gasteiger partial charge < -0.3 is 19.5 Å². The highest BCUT2D eigenvalue weighted by molar-refractivity contribution is 6.16. The first-order valence-electron chi connectivity index (χ1n) is 8.80. The molecule has 8 heteroatoms. The van der Waals surface area contributed by atoms with Gasteiger partial charge in [-0.05, 0) is 24.7 Å². The van der Waals surface area contributed by atoms with Gasteiger partial charge in [-0.15, -0.1) is 0 Å². The minimum atomic E-state index is -1.58. The summed E-state index contributed by atoms with van der Waals surface area (Å²) in [5.74, 6) is -5.89. The van der Waals surface area contributed by atoms with Crippen molar-refractivity contribution < 1.29 is 33.8 Å². The van der Waals surface area contributed by atoms with Crippen molar-refractivity contribution in [2.75, 3.05) is 6.54 Å². The van der Waals surface area contributed by atoms with Gasteiger partial charge >= 0.3 is 18.0 Å². The molecule has 2 fully saturated rings. The fourth-order valence-electron chi connectivity index (χ4n) is 3.65. The van der Waals surface area contributed by atoms with Crippen LogP contribution < -0.4 is 0 Å². The topological polar surface area (TPSA) is 110 Å². The van der Waals surface area contributed by atoms with E-state index in [9.17, 15) is 24.3 Å². The highest BCUT2D eigenvalue weighted by atomic mass is 16.7. The molecule has 2 aliphatic heterocycles. The van der Waals surface area contributed by atoms with Crippen LogP contribution >= 0.6 is 0 Å². The Morgan fingerprint density at radius 3 is 2.19 bits per heavy atom. The molecule has 2 heterocycles. The van der Waals surface area contributed by atoms with Crippen molar-refractivity contribution in [2.45, 2.75) is 65.7 Å². The standard InChI is InChI=1S/C18H27NO7/c1-17(2,3)9-11-8-10(6-7-19(11)16(23)24)13(20)12-14(21)25-18(4,5)26-15(12)22/h10-12H,6-9H2,1-5H3,(H,23,24). The Morgan fingerprint density at radius 1 is 1.19 bits per heavy atom. The summed E-state index contributed by atoms with van der Waals surface area (Å²) in [6.45, 7) is 9.03. The van der Waals surface area contributed by atoms with E-state index in [1.807, 2.05) is 20.8 Å². The zero-order chi connectivity index (χ0) is 19.9. The van der Waals surface area contributed by atoms with Crippen LogP contribution in [0.25, 0.3) is 0 Å². The normalized spacial score (nSPS) is 26.9. The molecule has 0 aromatic rings. The Hall–Kier alpha value is -2.12. The van der Waals surface area contributed by atoms with Gasteiger partial charge in [-0.1, -0.05) is 20.8 Å². The molecule has 2 unspecified atom stereocenters. The predicted octanol–water partition coefficient (Wildman–Crippen LogP) is 2.20. The zero-order valence-corrected chi connectivity index (χ0v) is 15.9. The third-order valence-electron chi connectivity index (χ3n) is 4.66. The lowest BCUT2D eigenvalue weighted by Gasteiger charge is -2.41. The van der Waals surface area contributed by atoms with Crippen LogP contribution in [-0.2, 0) is 23.9 Å². The van der Waals surface area contributed by atoms with Crippen molar-refractivity contribution in [1.29, 1.82) is 0 Å². The van der Waals surface area contributed by atoms with Crippen molar-refractivity contribution in [2.24, 2.45) is 17.3 Å². The largest absolute Gasteiger partial charge is 0.465 e. The van der Waals surface area contributed by atoms with E-state index in [2.05, 4.69) is 0 Å². The van der Waals surface area contributed by atoms with E-state index in [0.717, 1.165) is 0 Å². The van der Waals surface area contributed by atoms with Gasteiger partial charge in [0.2, 0.25) is 5.92 Å². The first-order valence-corrected chi connectivity index (χ1v) is 8.80. The molecule has 1 N–H and O–H groups in total. The van der Waals surface area contributed by atoms with Crippen LogP contribution in [0.15, 0.2) is 0 Å². The van der Waals surface area contributed by atoms with Gasteiger partial charge in [-0.25, -0.2) is 4.79 Å². The minimum absolute atomic E-state index is 0.129. The molecule has 0 spiro atoms. The number of hydrogen-bond acceptors (Lipinski definition) is 6. The van der Waals surface area contributed by atoms with Crippen LogP contribution in [0.1, 0.15) is 53.9 Å². The smallest absolute Gasteiger partial charge is 0.407 e. The quantitative estimate of drug-likeness (QED) is 0.600. The highest BCUT2D eigenvalue weighted by Gasteiger charge is 2.50. The fraction of sp³-hybridized carbons (Fsp3) is 0.778. The number of esters is 2. The second kappa shape index (κ2) is 6.89. The van der Waals surface area contributed by atoms with Gasteiger partial charge in [0.1, 0.15) is 0 Å². The number of carboxylic acid groups (broad SMARTS) is 1. The van der Waals surface area contributed by atoms with Crippen LogP contribution in [-0.4, -0.2) is 52.2 Å². The molecule has 2 rings (SSSR count). The average Bonchev–Trinajstić information content (AvgIpc) is 2.42. The van der Waals surface area contributed by atoms with E-state index in [1.165, 1.54) is 18.7 Å².